The van der Waals surface area contributed by atoms with E-state index < -0.39 is 29.8 Å². The van der Waals surface area contributed by atoms with Crippen molar-refractivity contribution >= 4 is 18.2 Å². The smallest absolute Gasteiger partial charge is 0.410 e. The molecule has 0 aliphatic heterocycles. The number of rotatable bonds is 9. The number of nitrogens with one attached hydrogen (secondary N) is 1. The zero-order valence-corrected chi connectivity index (χ0v) is 20.7. The number of hydrogen-bond acceptors (Lipinski definition) is 5. The first-order chi connectivity index (χ1) is 16.6. The Hall–Kier alpha value is -3.55. The molecule has 0 saturated heterocycles. The lowest BCUT2D eigenvalue weighted by atomic mass is 9.98. The Kier molecular flexibility index (Phi) is 8.38. The molecule has 2 aromatic rings. The van der Waals surface area contributed by atoms with Gasteiger partial charge in [-0.15, -0.1) is 0 Å². The molecule has 0 bridgehead atoms. The molecule has 8 nitrogen and oxygen atoms in total. The van der Waals surface area contributed by atoms with E-state index >= 15 is 0 Å². The number of ether oxygens (including phenoxy) is 2. The Morgan fingerprint density at radius 2 is 1.60 bits per heavy atom. The number of alkyl carbamates (subject to hydrolysis) is 1. The molecule has 0 spiro atoms. The fraction of sp³-hybridized carbons (Fsp3) is 0.444. The molecule has 1 aliphatic rings. The molecular weight excluding hydrogens is 448 g/mol. The van der Waals surface area contributed by atoms with Gasteiger partial charge in [0, 0.05) is 25.0 Å². The molecule has 0 fully saturated rings. The molecule has 0 unspecified atom stereocenters. The summed E-state index contributed by atoms with van der Waals surface area (Å²) in [4.78, 5) is 37.6. The molecule has 2 aromatic carbocycles. The second-order valence-corrected chi connectivity index (χ2v) is 9.73. The average molecular weight is 483 g/mol. The predicted octanol–water partition coefficient (Wildman–Crippen LogP) is 5.02. The summed E-state index contributed by atoms with van der Waals surface area (Å²) in [5, 5.41) is 11.9. The summed E-state index contributed by atoms with van der Waals surface area (Å²) in [7, 11) is 0. The van der Waals surface area contributed by atoms with Crippen LogP contribution in [0.1, 0.15) is 57.6 Å². The minimum absolute atomic E-state index is 0.0863. The largest absolute Gasteiger partial charge is 0.481 e. The molecule has 1 aliphatic carbocycles. The maximum Gasteiger partial charge on any atom is 0.410 e. The molecular formula is C27H34N2O6. The van der Waals surface area contributed by atoms with Crippen molar-refractivity contribution in [3.8, 4) is 11.1 Å². The van der Waals surface area contributed by atoms with Crippen molar-refractivity contribution in [3.05, 3.63) is 59.7 Å². The predicted molar refractivity (Wildman–Crippen MR) is 132 cm³/mol. The highest BCUT2D eigenvalue weighted by molar-refractivity contribution is 5.79. The minimum Gasteiger partial charge on any atom is -0.481 e. The van der Waals surface area contributed by atoms with Crippen LogP contribution in [0.3, 0.4) is 0 Å². The Bertz CT molecular complexity index is 1020. The van der Waals surface area contributed by atoms with E-state index in [-0.39, 0.29) is 32.0 Å². The zero-order chi connectivity index (χ0) is 25.6. The Morgan fingerprint density at radius 1 is 1.03 bits per heavy atom. The lowest BCUT2D eigenvalue weighted by Crippen LogP contribution is -2.42. The van der Waals surface area contributed by atoms with Gasteiger partial charge in [-0.1, -0.05) is 48.5 Å². The highest BCUT2D eigenvalue weighted by atomic mass is 16.6. The van der Waals surface area contributed by atoms with Gasteiger partial charge < -0.3 is 24.8 Å². The summed E-state index contributed by atoms with van der Waals surface area (Å²) < 4.78 is 10.9. The van der Waals surface area contributed by atoms with E-state index in [0.29, 0.717) is 6.42 Å². The summed E-state index contributed by atoms with van der Waals surface area (Å²) in [5.41, 5.74) is 3.87. The maximum atomic E-state index is 13.1. The SMILES string of the molecule is C[C@@H](CC(=O)O)N(CCCNC(=O)OC(C)(C)C)C(=O)OCC1c2ccccc2-c2ccccc21. The van der Waals surface area contributed by atoms with E-state index in [2.05, 4.69) is 17.4 Å². The van der Waals surface area contributed by atoms with Gasteiger partial charge in [0.2, 0.25) is 0 Å². The molecule has 0 saturated carbocycles. The summed E-state index contributed by atoms with van der Waals surface area (Å²) in [6.07, 6.45) is -0.890. The lowest BCUT2D eigenvalue weighted by Gasteiger charge is -2.28. The van der Waals surface area contributed by atoms with Crippen molar-refractivity contribution in [2.75, 3.05) is 19.7 Å². The monoisotopic (exact) mass is 482 g/mol. The van der Waals surface area contributed by atoms with Gasteiger partial charge in [0.15, 0.2) is 0 Å². The van der Waals surface area contributed by atoms with Gasteiger partial charge in [0.25, 0.3) is 0 Å². The third-order valence-corrected chi connectivity index (χ3v) is 5.82. The second-order valence-electron chi connectivity index (χ2n) is 9.73. The fourth-order valence-electron chi connectivity index (χ4n) is 4.29. The minimum atomic E-state index is -0.999. The van der Waals surface area contributed by atoms with Gasteiger partial charge in [-0.25, -0.2) is 9.59 Å². The van der Waals surface area contributed by atoms with Crippen LogP contribution in [-0.2, 0) is 14.3 Å². The van der Waals surface area contributed by atoms with Crippen molar-refractivity contribution < 1.29 is 29.0 Å². The van der Waals surface area contributed by atoms with Crippen molar-refractivity contribution in [2.45, 2.75) is 58.1 Å². The van der Waals surface area contributed by atoms with Crippen LogP contribution in [-0.4, -0.2) is 59.5 Å². The summed E-state index contributed by atoms with van der Waals surface area (Å²) >= 11 is 0. The number of benzene rings is 2. The molecule has 2 amide bonds. The molecule has 188 valence electrons. The topological polar surface area (TPSA) is 105 Å². The van der Waals surface area contributed by atoms with Crippen molar-refractivity contribution in [3.63, 3.8) is 0 Å². The van der Waals surface area contributed by atoms with Crippen LogP contribution in [0.15, 0.2) is 48.5 Å². The first-order valence-electron chi connectivity index (χ1n) is 11.9. The van der Waals surface area contributed by atoms with E-state index in [1.54, 1.807) is 27.7 Å². The van der Waals surface area contributed by atoms with Crippen molar-refractivity contribution in [2.24, 2.45) is 0 Å². The highest BCUT2D eigenvalue weighted by Gasteiger charge is 2.30. The lowest BCUT2D eigenvalue weighted by molar-refractivity contribution is -0.138. The van der Waals surface area contributed by atoms with Crippen LogP contribution in [0.25, 0.3) is 11.1 Å². The number of fused-ring (bicyclic) bond motifs is 3. The van der Waals surface area contributed by atoms with E-state index in [1.165, 1.54) is 4.90 Å². The van der Waals surface area contributed by atoms with E-state index in [9.17, 15) is 19.5 Å². The number of amides is 2. The van der Waals surface area contributed by atoms with Crippen molar-refractivity contribution in [1.29, 1.82) is 0 Å². The number of aliphatic carboxylic acids is 1. The third kappa shape index (κ3) is 6.97. The van der Waals surface area contributed by atoms with Crippen LogP contribution in [0.2, 0.25) is 0 Å². The standard InChI is InChI=1S/C27H34N2O6/c1-18(16-24(30)31)29(15-9-14-28-25(32)35-27(2,3)4)26(33)34-17-23-21-12-7-5-10-19(21)20-11-6-8-13-22(20)23/h5-8,10-13,18,23H,9,14-17H2,1-4H3,(H,28,32)(H,30,31)/t18-/m0/s1. The number of carboxylic acids is 1. The van der Waals surface area contributed by atoms with Crippen LogP contribution in [0.5, 0.6) is 0 Å². The molecule has 0 radical (unpaired) electrons. The molecule has 2 N–H and O–H groups in total. The van der Waals surface area contributed by atoms with E-state index in [0.717, 1.165) is 22.3 Å². The van der Waals surface area contributed by atoms with E-state index in [4.69, 9.17) is 9.47 Å². The Balaban J connectivity index is 1.63. The number of carbonyl (C=O) groups excluding carboxylic acids is 2. The number of nitrogens with zero attached hydrogens (tertiary/aromatic N) is 1. The molecule has 0 aromatic heterocycles. The van der Waals surface area contributed by atoms with Crippen LogP contribution >= 0.6 is 0 Å². The molecule has 8 heteroatoms. The average Bonchev–Trinajstić information content (AvgIpc) is 3.09. The molecule has 3 rings (SSSR count). The third-order valence-electron chi connectivity index (χ3n) is 5.82. The summed E-state index contributed by atoms with van der Waals surface area (Å²) in [6.45, 7) is 7.68. The summed E-state index contributed by atoms with van der Waals surface area (Å²) in [6, 6.07) is 15.6. The number of hydrogen-bond donors (Lipinski definition) is 2. The molecule has 0 heterocycles. The second kappa shape index (κ2) is 11.3. The van der Waals surface area contributed by atoms with Crippen LogP contribution in [0, 0.1) is 0 Å². The normalized spacial score (nSPS) is 13.4. The van der Waals surface area contributed by atoms with E-state index in [1.807, 2.05) is 36.4 Å². The van der Waals surface area contributed by atoms with Crippen molar-refractivity contribution in [1.82, 2.24) is 10.2 Å². The molecule has 1 atom stereocenters. The maximum absolute atomic E-state index is 13.1. The summed E-state index contributed by atoms with van der Waals surface area (Å²) in [5.74, 6) is -1.09. The quantitative estimate of drug-likeness (QED) is 0.487. The van der Waals surface area contributed by atoms with Gasteiger partial charge in [-0.2, -0.15) is 0 Å². The Morgan fingerprint density at radius 3 is 2.14 bits per heavy atom. The number of carbonyl (C=O) groups is 3. The number of carboxylic acid groups (broad SMARTS) is 1. The van der Waals surface area contributed by atoms with Gasteiger partial charge >= 0.3 is 18.2 Å². The van der Waals surface area contributed by atoms with Gasteiger partial charge in [-0.05, 0) is 56.4 Å². The van der Waals surface area contributed by atoms with Gasteiger partial charge in [0.1, 0.15) is 12.2 Å². The van der Waals surface area contributed by atoms with Gasteiger partial charge in [-0.3, -0.25) is 4.79 Å². The Labute approximate surface area is 206 Å². The molecule has 35 heavy (non-hydrogen) atoms. The fourth-order valence-corrected chi connectivity index (χ4v) is 4.29. The van der Waals surface area contributed by atoms with Gasteiger partial charge in [0.05, 0.1) is 6.42 Å². The zero-order valence-electron chi connectivity index (χ0n) is 20.7. The first kappa shape index (κ1) is 26.1. The van der Waals surface area contributed by atoms with Crippen LogP contribution < -0.4 is 5.32 Å². The highest BCUT2D eigenvalue weighted by Crippen LogP contribution is 2.44. The first-order valence-corrected chi connectivity index (χ1v) is 11.9. The van der Waals surface area contributed by atoms with Crippen LogP contribution in [0.4, 0.5) is 9.59 Å².